The van der Waals surface area contributed by atoms with Crippen molar-refractivity contribution in [3.63, 3.8) is 0 Å². The van der Waals surface area contributed by atoms with Gasteiger partial charge in [0.05, 0.1) is 16.2 Å². The van der Waals surface area contributed by atoms with Crippen LogP contribution in [0.4, 0.5) is 11.4 Å². The van der Waals surface area contributed by atoms with Crippen LogP contribution in [0.2, 0.25) is 0 Å². The third kappa shape index (κ3) is 3.81. The Balaban J connectivity index is 1.48. The molecule has 0 aliphatic carbocycles. The van der Waals surface area contributed by atoms with E-state index in [1.165, 1.54) is 29.3 Å². The fourth-order valence-corrected chi connectivity index (χ4v) is 3.02. The number of nitriles is 1. The van der Waals surface area contributed by atoms with Gasteiger partial charge in [-0.05, 0) is 23.6 Å². The van der Waals surface area contributed by atoms with Gasteiger partial charge in [0.1, 0.15) is 6.07 Å². The van der Waals surface area contributed by atoms with Gasteiger partial charge in [0, 0.05) is 38.2 Å². The molecule has 7 nitrogen and oxygen atoms in total. The molecule has 0 bridgehead atoms. The van der Waals surface area contributed by atoms with Crippen molar-refractivity contribution in [2.75, 3.05) is 11.9 Å². The van der Waals surface area contributed by atoms with Crippen LogP contribution in [0.25, 0.3) is 0 Å². The van der Waals surface area contributed by atoms with E-state index in [4.69, 9.17) is 5.26 Å². The van der Waals surface area contributed by atoms with Crippen molar-refractivity contribution in [1.29, 1.82) is 5.26 Å². The zero-order valence-corrected chi connectivity index (χ0v) is 14.1. The predicted octanol–water partition coefficient (Wildman–Crippen LogP) is 3.20. The zero-order valence-electron chi connectivity index (χ0n) is 14.1. The maximum Gasteiger partial charge on any atom is 0.270 e. The van der Waals surface area contributed by atoms with E-state index in [0.717, 1.165) is 0 Å². The largest absolute Gasteiger partial charge is 0.384 e. The number of nitrogens with zero attached hydrogens (tertiary/aromatic N) is 3. The standard InChI is InChI=1S/C19H18N4O3/c20-11-16-10-17(23(25)26)7-8-18(16)21-9-3-6-19(24)22-12-14-4-1-2-5-15(14)13-22/h1-2,4-5,7-8,10,21H,3,6,9,12-13H2. The summed E-state index contributed by atoms with van der Waals surface area (Å²) in [5, 5.41) is 23.0. The van der Waals surface area contributed by atoms with Crippen molar-refractivity contribution in [2.45, 2.75) is 25.9 Å². The molecule has 0 saturated heterocycles. The fourth-order valence-electron chi connectivity index (χ4n) is 3.02. The number of hydrogen-bond acceptors (Lipinski definition) is 5. The second kappa shape index (κ2) is 7.66. The summed E-state index contributed by atoms with van der Waals surface area (Å²) in [5.74, 6) is 0.104. The first-order valence-corrected chi connectivity index (χ1v) is 8.35. The maximum atomic E-state index is 12.3. The third-order valence-corrected chi connectivity index (χ3v) is 4.41. The highest BCUT2D eigenvalue weighted by molar-refractivity contribution is 5.77. The first-order valence-electron chi connectivity index (χ1n) is 8.35. The van der Waals surface area contributed by atoms with Crippen LogP contribution in [0.1, 0.15) is 29.5 Å². The normalized spacial score (nSPS) is 12.3. The van der Waals surface area contributed by atoms with Gasteiger partial charge in [0.15, 0.2) is 0 Å². The number of rotatable bonds is 6. The highest BCUT2D eigenvalue weighted by Gasteiger charge is 2.22. The van der Waals surface area contributed by atoms with E-state index in [1.54, 1.807) is 0 Å². The third-order valence-electron chi connectivity index (χ3n) is 4.41. The van der Waals surface area contributed by atoms with Crippen LogP contribution in [0.3, 0.4) is 0 Å². The number of nitro groups is 1. The highest BCUT2D eigenvalue weighted by Crippen LogP contribution is 2.23. The van der Waals surface area contributed by atoms with Crippen LogP contribution in [0.5, 0.6) is 0 Å². The van der Waals surface area contributed by atoms with Crippen LogP contribution in [0.15, 0.2) is 42.5 Å². The Bertz CT molecular complexity index is 864. The van der Waals surface area contributed by atoms with E-state index < -0.39 is 4.92 Å². The van der Waals surface area contributed by atoms with Crippen molar-refractivity contribution in [3.8, 4) is 6.07 Å². The summed E-state index contributed by atoms with van der Waals surface area (Å²) in [6, 6.07) is 14.1. The Labute approximate surface area is 151 Å². The molecule has 0 radical (unpaired) electrons. The summed E-state index contributed by atoms with van der Waals surface area (Å²) in [5.41, 5.74) is 3.04. The Hall–Kier alpha value is -3.40. The lowest BCUT2D eigenvalue weighted by molar-refractivity contribution is -0.384. The van der Waals surface area contributed by atoms with Crippen molar-refractivity contribution in [3.05, 3.63) is 69.3 Å². The minimum atomic E-state index is -0.530. The average Bonchev–Trinajstić information content (AvgIpc) is 3.09. The van der Waals surface area contributed by atoms with E-state index in [1.807, 2.05) is 35.2 Å². The molecule has 1 aliphatic rings. The summed E-state index contributed by atoms with van der Waals surface area (Å²) < 4.78 is 0. The summed E-state index contributed by atoms with van der Waals surface area (Å²) >= 11 is 0. The van der Waals surface area contributed by atoms with Crippen LogP contribution in [-0.4, -0.2) is 22.3 Å². The minimum absolute atomic E-state index is 0.104. The molecule has 26 heavy (non-hydrogen) atoms. The molecule has 2 aromatic rings. The quantitative estimate of drug-likeness (QED) is 0.490. The lowest BCUT2D eigenvalue weighted by atomic mass is 10.1. The van der Waals surface area contributed by atoms with Crippen molar-refractivity contribution < 1.29 is 9.72 Å². The van der Waals surface area contributed by atoms with Gasteiger partial charge in [-0.15, -0.1) is 0 Å². The molecule has 1 N–H and O–H groups in total. The summed E-state index contributed by atoms with van der Waals surface area (Å²) in [6.07, 6.45) is 1.03. The first kappa shape index (κ1) is 17.4. The number of carbonyl (C=O) groups excluding carboxylic acids is 1. The Morgan fingerprint density at radius 1 is 1.23 bits per heavy atom. The smallest absolute Gasteiger partial charge is 0.270 e. The van der Waals surface area contributed by atoms with Crippen LogP contribution >= 0.6 is 0 Å². The number of non-ortho nitro benzene ring substituents is 1. The lowest BCUT2D eigenvalue weighted by Crippen LogP contribution is -2.25. The number of nitro benzene ring substituents is 1. The zero-order chi connectivity index (χ0) is 18.5. The highest BCUT2D eigenvalue weighted by atomic mass is 16.6. The molecule has 7 heteroatoms. The summed E-state index contributed by atoms with van der Waals surface area (Å²) in [4.78, 5) is 24.4. The second-order valence-electron chi connectivity index (χ2n) is 6.15. The Morgan fingerprint density at radius 2 is 1.92 bits per heavy atom. The molecule has 2 aromatic carbocycles. The fraction of sp³-hybridized carbons (Fsp3) is 0.263. The van der Waals surface area contributed by atoms with Gasteiger partial charge in [0.25, 0.3) is 5.69 Å². The maximum absolute atomic E-state index is 12.3. The van der Waals surface area contributed by atoms with Gasteiger partial charge in [-0.1, -0.05) is 24.3 Å². The molecule has 0 saturated carbocycles. The number of amides is 1. The van der Waals surface area contributed by atoms with Gasteiger partial charge in [-0.25, -0.2) is 0 Å². The van der Waals surface area contributed by atoms with Crippen LogP contribution < -0.4 is 5.32 Å². The molecule has 1 heterocycles. The topological polar surface area (TPSA) is 99.3 Å². The number of hydrogen-bond donors (Lipinski definition) is 1. The Morgan fingerprint density at radius 3 is 2.54 bits per heavy atom. The molecule has 0 aromatic heterocycles. The molecule has 3 rings (SSSR count). The molecule has 1 aliphatic heterocycles. The molecule has 0 spiro atoms. The Kier molecular flexibility index (Phi) is 5.13. The first-order chi connectivity index (χ1) is 12.6. The molecular weight excluding hydrogens is 332 g/mol. The summed E-state index contributed by atoms with van der Waals surface area (Å²) in [6.45, 7) is 1.83. The molecule has 0 atom stereocenters. The van der Waals surface area contributed by atoms with Gasteiger partial charge in [-0.2, -0.15) is 5.26 Å². The van der Waals surface area contributed by atoms with E-state index in [-0.39, 0.29) is 17.2 Å². The lowest BCUT2D eigenvalue weighted by Gasteiger charge is -2.15. The van der Waals surface area contributed by atoms with Crippen LogP contribution in [0, 0.1) is 21.4 Å². The van der Waals surface area contributed by atoms with Crippen LogP contribution in [-0.2, 0) is 17.9 Å². The SMILES string of the molecule is N#Cc1cc([N+](=O)[O-])ccc1NCCCC(=O)N1Cc2ccccc2C1. The monoisotopic (exact) mass is 350 g/mol. The number of anilines is 1. The van der Waals surface area contributed by atoms with Crippen molar-refractivity contribution in [1.82, 2.24) is 4.90 Å². The van der Waals surface area contributed by atoms with Gasteiger partial charge in [-0.3, -0.25) is 14.9 Å². The molecule has 0 fully saturated rings. The van der Waals surface area contributed by atoms with E-state index in [2.05, 4.69) is 5.32 Å². The van der Waals surface area contributed by atoms with Gasteiger partial charge >= 0.3 is 0 Å². The number of nitrogens with one attached hydrogen (secondary N) is 1. The molecular formula is C19H18N4O3. The predicted molar refractivity (Wildman–Crippen MR) is 96.2 cm³/mol. The second-order valence-corrected chi connectivity index (χ2v) is 6.15. The number of fused-ring (bicyclic) bond motifs is 1. The van der Waals surface area contributed by atoms with E-state index >= 15 is 0 Å². The summed E-state index contributed by atoms with van der Waals surface area (Å²) in [7, 11) is 0. The van der Waals surface area contributed by atoms with E-state index in [0.29, 0.717) is 38.2 Å². The van der Waals surface area contributed by atoms with Gasteiger partial charge < -0.3 is 10.2 Å². The van der Waals surface area contributed by atoms with Crippen molar-refractivity contribution in [2.24, 2.45) is 0 Å². The number of benzene rings is 2. The van der Waals surface area contributed by atoms with E-state index in [9.17, 15) is 14.9 Å². The molecule has 1 amide bonds. The van der Waals surface area contributed by atoms with Gasteiger partial charge in [0.2, 0.25) is 5.91 Å². The molecule has 0 unspecified atom stereocenters. The number of carbonyl (C=O) groups is 1. The van der Waals surface area contributed by atoms with Crippen molar-refractivity contribution >= 4 is 17.3 Å². The minimum Gasteiger partial charge on any atom is -0.384 e. The average molecular weight is 350 g/mol. The molecule has 132 valence electrons.